The van der Waals surface area contributed by atoms with Gasteiger partial charge in [-0.25, -0.2) is 4.98 Å². The van der Waals surface area contributed by atoms with E-state index in [2.05, 4.69) is 15.6 Å². The van der Waals surface area contributed by atoms with Crippen LogP contribution >= 0.6 is 12.2 Å². The summed E-state index contributed by atoms with van der Waals surface area (Å²) in [5, 5.41) is 5.90. The lowest BCUT2D eigenvalue weighted by atomic mass is 10.2. The van der Waals surface area contributed by atoms with E-state index in [1.165, 1.54) is 0 Å². The fourth-order valence-electron chi connectivity index (χ4n) is 3.09. The lowest BCUT2D eigenvalue weighted by Crippen LogP contribution is -2.34. The van der Waals surface area contributed by atoms with Crippen LogP contribution in [0.1, 0.15) is 22.8 Å². The highest BCUT2D eigenvalue weighted by Gasteiger charge is 2.11. The monoisotopic (exact) mass is 431 g/mol. The van der Waals surface area contributed by atoms with E-state index < -0.39 is 0 Å². The summed E-state index contributed by atoms with van der Waals surface area (Å²) in [5.41, 5.74) is 4.77. The van der Waals surface area contributed by atoms with Gasteiger partial charge >= 0.3 is 0 Å². The zero-order chi connectivity index (χ0) is 21.8. The van der Waals surface area contributed by atoms with Crippen LogP contribution in [0.15, 0.2) is 71.1 Å². The van der Waals surface area contributed by atoms with Gasteiger partial charge in [-0.2, -0.15) is 0 Å². The zero-order valence-corrected chi connectivity index (χ0v) is 18.0. The van der Waals surface area contributed by atoms with Crippen LogP contribution in [0.5, 0.6) is 5.75 Å². The normalized spacial score (nSPS) is 10.6. The Morgan fingerprint density at radius 1 is 1.10 bits per heavy atom. The number of carbonyl (C=O) groups excluding carboxylic acids is 1. The van der Waals surface area contributed by atoms with Gasteiger partial charge in [0, 0.05) is 16.8 Å². The number of aromatic nitrogens is 1. The number of nitrogens with zero attached hydrogens (tertiary/aromatic N) is 1. The molecule has 0 unspecified atom stereocenters. The number of oxazole rings is 1. The van der Waals surface area contributed by atoms with Gasteiger partial charge < -0.3 is 14.5 Å². The van der Waals surface area contributed by atoms with Crippen LogP contribution in [-0.4, -0.2) is 22.6 Å². The van der Waals surface area contributed by atoms with Crippen molar-refractivity contribution in [3.8, 4) is 17.2 Å². The summed E-state index contributed by atoms with van der Waals surface area (Å²) in [6.45, 7) is 4.44. The number of carbonyl (C=O) groups is 1. The second kappa shape index (κ2) is 8.97. The van der Waals surface area contributed by atoms with E-state index in [1.807, 2.05) is 56.3 Å². The second-order valence-electron chi connectivity index (χ2n) is 6.94. The fourth-order valence-corrected chi connectivity index (χ4v) is 3.30. The van der Waals surface area contributed by atoms with Crippen molar-refractivity contribution in [2.75, 3.05) is 11.9 Å². The molecular weight excluding hydrogens is 410 g/mol. The summed E-state index contributed by atoms with van der Waals surface area (Å²) in [7, 11) is 0. The van der Waals surface area contributed by atoms with Crippen molar-refractivity contribution >= 4 is 40.0 Å². The van der Waals surface area contributed by atoms with Crippen LogP contribution < -0.4 is 15.4 Å². The molecule has 0 spiro atoms. The van der Waals surface area contributed by atoms with Crippen molar-refractivity contribution in [3.05, 3.63) is 77.9 Å². The Bertz CT molecular complexity index is 1250. The Kier molecular flexibility index (Phi) is 5.95. The molecule has 0 fully saturated rings. The number of rotatable bonds is 5. The van der Waals surface area contributed by atoms with E-state index in [0.717, 1.165) is 27.9 Å². The van der Waals surface area contributed by atoms with Crippen LogP contribution in [0.25, 0.3) is 22.6 Å². The smallest absolute Gasteiger partial charge is 0.257 e. The Morgan fingerprint density at radius 2 is 1.90 bits per heavy atom. The summed E-state index contributed by atoms with van der Waals surface area (Å²) in [4.78, 5) is 17.0. The molecule has 4 rings (SSSR count). The van der Waals surface area contributed by atoms with Crippen molar-refractivity contribution in [2.24, 2.45) is 0 Å². The Labute approximate surface area is 185 Å². The SMILES string of the molecule is CCOc1cccc(C(=O)NC(=S)Nc2ccc(-c3nc4cc(C)ccc4o3)cc2)c1. The van der Waals surface area contributed by atoms with Crippen LogP contribution in [0.3, 0.4) is 0 Å². The van der Waals surface area contributed by atoms with Gasteiger partial charge in [0.05, 0.1) is 6.61 Å². The molecule has 31 heavy (non-hydrogen) atoms. The first-order valence-electron chi connectivity index (χ1n) is 9.84. The molecule has 3 aromatic carbocycles. The number of ether oxygens (including phenoxy) is 1. The molecule has 0 aliphatic carbocycles. The first-order chi connectivity index (χ1) is 15.0. The predicted octanol–water partition coefficient (Wildman–Crippen LogP) is 5.33. The standard InChI is InChI=1S/C24H21N3O3S/c1-3-29-19-6-4-5-17(14-19)22(28)27-24(31)25-18-10-8-16(9-11-18)23-26-20-13-15(2)7-12-21(20)30-23/h4-14H,3H2,1-2H3,(H2,25,27,28,31). The van der Waals surface area contributed by atoms with Crippen LogP contribution in [0.2, 0.25) is 0 Å². The third-order valence-corrected chi connectivity index (χ3v) is 4.77. The summed E-state index contributed by atoms with van der Waals surface area (Å²) < 4.78 is 11.3. The van der Waals surface area contributed by atoms with Crippen LogP contribution in [-0.2, 0) is 0 Å². The molecule has 0 saturated heterocycles. The number of anilines is 1. The lowest BCUT2D eigenvalue weighted by Gasteiger charge is -2.10. The van der Waals surface area contributed by atoms with Gasteiger partial charge in [-0.1, -0.05) is 12.1 Å². The summed E-state index contributed by atoms with van der Waals surface area (Å²) in [5.74, 6) is 0.883. The molecule has 7 heteroatoms. The quantitative estimate of drug-likeness (QED) is 0.416. The van der Waals surface area contributed by atoms with Gasteiger partial charge in [0.25, 0.3) is 5.91 Å². The summed E-state index contributed by atoms with van der Waals surface area (Å²) in [6, 6.07) is 20.3. The van der Waals surface area contributed by atoms with Gasteiger partial charge in [0.1, 0.15) is 11.3 Å². The molecule has 0 aliphatic rings. The number of thiocarbonyl (C=S) groups is 1. The summed E-state index contributed by atoms with van der Waals surface area (Å²) >= 11 is 5.27. The number of fused-ring (bicyclic) bond motifs is 1. The van der Waals surface area contributed by atoms with Gasteiger partial charge in [-0.3, -0.25) is 10.1 Å². The first-order valence-corrected chi connectivity index (χ1v) is 10.3. The second-order valence-corrected chi connectivity index (χ2v) is 7.34. The Hall–Kier alpha value is -3.71. The first kappa shape index (κ1) is 20.6. The molecule has 1 aromatic heterocycles. The molecule has 1 amide bonds. The maximum Gasteiger partial charge on any atom is 0.257 e. The maximum atomic E-state index is 12.4. The van der Waals surface area contributed by atoms with Gasteiger partial charge in [0.15, 0.2) is 10.7 Å². The average molecular weight is 432 g/mol. The maximum absolute atomic E-state index is 12.4. The molecular formula is C24H21N3O3S. The number of nitrogens with one attached hydrogen (secondary N) is 2. The minimum Gasteiger partial charge on any atom is -0.494 e. The van der Waals surface area contributed by atoms with Crippen molar-refractivity contribution in [3.63, 3.8) is 0 Å². The number of amides is 1. The van der Waals surface area contributed by atoms with Crippen molar-refractivity contribution in [1.29, 1.82) is 0 Å². The molecule has 6 nitrogen and oxygen atoms in total. The molecule has 156 valence electrons. The molecule has 1 heterocycles. The molecule has 0 atom stereocenters. The number of aryl methyl sites for hydroxylation is 1. The largest absolute Gasteiger partial charge is 0.494 e. The number of benzene rings is 3. The highest BCUT2D eigenvalue weighted by Crippen LogP contribution is 2.26. The van der Waals surface area contributed by atoms with Crippen LogP contribution in [0.4, 0.5) is 5.69 Å². The van der Waals surface area contributed by atoms with Crippen LogP contribution in [0, 0.1) is 6.92 Å². The van der Waals surface area contributed by atoms with E-state index >= 15 is 0 Å². The van der Waals surface area contributed by atoms with E-state index in [9.17, 15) is 4.79 Å². The minimum absolute atomic E-state index is 0.205. The molecule has 4 aromatic rings. The van der Waals surface area contributed by atoms with Gasteiger partial charge in [0.2, 0.25) is 5.89 Å². The Morgan fingerprint density at radius 3 is 2.68 bits per heavy atom. The fraction of sp³-hybridized carbons (Fsp3) is 0.125. The molecule has 0 radical (unpaired) electrons. The molecule has 0 saturated carbocycles. The van der Waals surface area contributed by atoms with Crippen molar-refractivity contribution in [1.82, 2.24) is 10.3 Å². The Balaban J connectivity index is 1.40. The number of hydrogen-bond donors (Lipinski definition) is 2. The predicted molar refractivity (Wildman–Crippen MR) is 125 cm³/mol. The topological polar surface area (TPSA) is 76.4 Å². The minimum atomic E-state index is -0.308. The van der Waals surface area contributed by atoms with Gasteiger partial charge in [-0.05, 0) is 86.2 Å². The van der Waals surface area contributed by atoms with Crippen molar-refractivity contribution < 1.29 is 13.9 Å². The molecule has 0 aliphatic heterocycles. The number of hydrogen-bond acceptors (Lipinski definition) is 5. The van der Waals surface area contributed by atoms with E-state index in [1.54, 1.807) is 24.3 Å². The van der Waals surface area contributed by atoms with Crippen molar-refractivity contribution in [2.45, 2.75) is 13.8 Å². The van der Waals surface area contributed by atoms with E-state index in [0.29, 0.717) is 23.8 Å². The van der Waals surface area contributed by atoms with E-state index in [-0.39, 0.29) is 11.0 Å². The third kappa shape index (κ3) is 4.90. The van der Waals surface area contributed by atoms with E-state index in [4.69, 9.17) is 21.4 Å². The third-order valence-electron chi connectivity index (χ3n) is 4.57. The average Bonchev–Trinajstić information content (AvgIpc) is 3.18. The highest BCUT2D eigenvalue weighted by molar-refractivity contribution is 7.80. The highest BCUT2D eigenvalue weighted by atomic mass is 32.1. The lowest BCUT2D eigenvalue weighted by molar-refractivity contribution is 0.0977. The molecule has 2 N–H and O–H groups in total. The van der Waals surface area contributed by atoms with Gasteiger partial charge in [-0.15, -0.1) is 0 Å². The zero-order valence-electron chi connectivity index (χ0n) is 17.1. The molecule has 0 bridgehead atoms. The summed E-state index contributed by atoms with van der Waals surface area (Å²) in [6.07, 6.45) is 0.